The van der Waals surface area contributed by atoms with E-state index in [1.54, 1.807) is 7.11 Å². The van der Waals surface area contributed by atoms with E-state index >= 15 is 0 Å². The molecule has 0 spiro atoms. The fourth-order valence-corrected chi connectivity index (χ4v) is 1.86. The minimum absolute atomic E-state index is 0.310. The molecule has 1 unspecified atom stereocenters. The van der Waals surface area contributed by atoms with Crippen LogP contribution in [-0.4, -0.2) is 32.9 Å². The number of hydrogen-bond acceptors (Lipinski definition) is 3. The Balaban J connectivity index is 2.13. The van der Waals surface area contributed by atoms with Gasteiger partial charge in [-0.05, 0) is 19.1 Å². The molecule has 1 aliphatic rings. The quantitative estimate of drug-likeness (QED) is 0.739. The van der Waals surface area contributed by atoms with Gasteiger partial charge in [-0.25, -0.2) is 0 Å². The van der Waals surface area contributed by atoms with E-state index in [1.807, 2.05) is 12.1 Å². The fourth-order valence-electron chi connectivity index (χ4n) is 1.86. The molecule has 1 heterocycles. The molecule has 1 aliphatic heterocycles. The van der Waals surface area contributed by atoms with Crippen molar-refractivity contribution in [3.05, 3.63) is 24.3 Å². The molecule has 1 fully saturated rings. The Morgan fingerprint density at radius 2 is 2.33 bits per heavy atom. The lowest BCUT2D eigenvalue weighted by Gasteiger charge is -2.33. The zero-order valence-corrected chi connectivity index (χ0v) is 9.27. The second-order valence-electron chi connectivity index (χ2n) is 3.83. The molecule has 0 radical (unpaired) electrons. The third kappa shape index (κ3) is 2.42. The first-order valence-corrected chi connectivity index (χ1v) is 5.30. The van der Waals surface area contributed by atoms with Crippen molar-refractivity contribution in [2.75, 3.05) is 31.7 Å². The van der Waals surface area contributed by atoms with Gasteiger partial charge >= 0.3 is 0 Å². The van der Waals surface area contributed by atoms with Gasteiger partial charge in [0.1, 0.15) is 5.75 Å². The van der Waals surface area contributed by atoms with E-state index in [1.165, 1.54) is 5.69 Å². The molecule has 1 aromatic rings. The van der Waals surface area contributed by atoms with Gasteiger partial charge in [-0.1, -0.05) is 6.07 Å². The van der Waals surface area contributed by atoms with E-state index in [2.05, 4.69) is 24.0 Å². The zero-order valence-electron chi connectivity index (χ0n) is 9.27. The molecule has 3 nitrogen and oxygen atoms in total. The number of methoxy groups -OCH3 is 1. The molecular weight excluding hydrogens is 190 g/mol. The Bertz CT molecular complexity index is 327. The third-order valence-electron chi connectivity index (χ3n) is 2.66. The van der Waals surface area contributed by atoms with Crippen LogP contribution in [0.25, 0.3) is 0 Å². The molecule has 0 aromatic heterocycles. The maximum absolute atomic E-state index is 5.51. The summed E-state index contributed by atoms with van der Waals surface area (Å²) in [5.41, 5.74) is 1.21. The SMILES string of the molecule is COc1cccc(N2CCOC(C)C2)c1. The molecule has 0 bridgehead atoms. The topological polar surface area (TPSA) is 21.7 Å². The van der Waals surface area contributed by atoms with Crippen LogP contribution in [0.15, 0.2) is 24.3 Å². The highest BCUT2D eigenvalue weighted by atomic mass is 16.5. The van der Waals surface area contributed by atoms with E-state index in [0.717, 1.165) is 25.4 Å². The molecule has 1 atom stereocenters. The summed E-state index contributed by atoms with van der Waals surface area (Å²) < 4.78 is 10.7. The van der Waals surface area contributed by atoms with Crippen LogP contribution in [0.3, 0.4) is 0 Å². The van der Waals surface area contributed by atoms with E-state index < -0.39 is 0 Å². The molecule has 2 rings (SSSR count). The summed E-state index contributed by atoms with van der Waals surface area (Å²) >= 11 is 0. The maximum atomic E-state index is 5.51. The van der Waals surface area contributed by atoms with Crippen molar-refractivity contribution in [1.29, 1.82) is 0 Å². The zero-order chi connectivity index (χ0) is 10.7. The minimum Gasteiger partial charge on any atom is -0.497 e. The van der Waals surface area contributed by atoms with Gasteiger partial charge in [0.05, 0.1) is 19.8 Å². The molecule has 82 valence electrons. The lowest BCUT2D eigenvalue weighted by atomic mass is 10.2. The highest BCUT2D eigenvalue weighted by Crippen LogP contribution is 2.22. The van der Waals surface area contributed by atoms with E-state index in [4.69, 9.17) is 9.47 Å². The smallest absolute Gasteiger partial charge is 0.120 e. The first-order chi connectivity index (χ1) is 7.29. The van der Waals surface area contributed by atoms with E-state index in [0.29, 0.717) is 6.10 Å². The Labute approximate surface area is 90.6 Å². The van der Waals surface area contributed by atoms with Crippen LogP contribution < -0.4 is 9.64 Å². The molecule has 0 N–H and O–H groups in total. The number of anilines is 1. The molecule has 1 aromatic carbocycles. The highest BCUT2D eigenvalue weighted by molar-refractivity contribution is 5.51. The molecular formula is C12H17NO2. The highest BCUT2D eigenvalue weighted by Gasteiger charge is 2.16. The van der Waals surface area contributed by atoms with Crippen molar-refractivity contribution in [1.82, 2.24) is 0 Å². The van der Waals surface area contributed by atoms with Crippen LogP contribution >= 0.6 is 0 Å². The fraction of sp³-hybridized carbons (Fsp3) is 0.500. The van der Waals surface area contributed by atoms with Crippen molar-refractivity contribution in [2.45, 2.75) is 13.0 Å². The van der Waals surface area contributed by atoms with Gasteiger partial charge in [0.25, 0.3) is 0 Å². The average Bonchev–Trinajstić information content (AvgIpc) is 2.29. The summed E-state index contributed by atoms with van der Waals surface area (Å²) in [6.45, 7) is 4.81. The van der Waals surface area contributed by atoms with Gasteiger partial charge in [0.2, 0.25) is 0 Å². The van der Waals surface area contributed by atoms with E-state index in [-0.39, 0.29) is 0 Å². The van der Waals surface area contributed by atoms with Crippen LogP contribution in [0.5, 0.6) is 5.75 Å². The molecule has 0 amide bonds. The number of morpholine rings is 1. The van der Waals surface area contributed by atoms with E-state index in [9.17, 15) is 0 Å². The predicted octanol–water partition coefficient (Wildman–Crippen LogP) is 1.92. The lowest BCUT2D eigenvalue weighted by Crippen LogP contribution is -2.41. The Hall–Kier alpha value is -1.22. The minimum atomic E-state index is 0.310. The summed E-state index contributed by atoms with van der Waals surface area (Å²) in [4.78, 5) is 2.33. The van der Waals surface area contributed by atoms with Crippen molar-refractivity contribution in [3.63, 3.8) is 0 Å². The van der Waals surface area contributed by atoms with Crippen molar-refractivity contribution in [3.8, 4) is 5.75 Å². The number of hydrogen-bond donors (Lipinski definition) is 0. The van der Waals surface area contributed by atoms with Crippen LogP contribution in [0.2, 0.25) is 0 Å². The van der Waals surface area contributed by atoms with Crippen molar-refractivity contribution < 1.29 is 9.47 Å². The first-order valence-electron chi connectivity index (χ1n) is 5.30. The number of ether oxygens (including phenoxy) is 2. The van der Waals surface area contributed by atoms with Gasteiger partial charge in [-0.3, -0.25) is 0 Å². The third-order valence-corrected chi connectivity index (χ3v) is 2.66. The first kappa shape index (κ1) is 10.3. The van der Waals surface area contributed by atoms with Gasteiger partial charge in [-0.2, -0.15) is 0 Å². The van der Waals surface area contributed by atoms with Crippen LogP contribution in [0, 0.1) is 0 Å². The van der Waals surface area contributed by atoms with Crippen molar-refractivity contribution in [2.24, 2.45) is 0 Å². The molecule has 15 heavy (non-hydrogen) atoms. The Kier molecular flexibility index (Phi) is 3.11. The van der Waals surface area contributed by atoms with Gasteiger partial charge in [0, 0.05) is 24.8 Å². The molecule has 1 saturated heterocycles. The molecule has 0 aliphatic carbocycles. The molecule has 3 heteroatoms. The van der Waals surface area contributed by atoms with Gasteiger partial charge in [0.15, 0.2) is 0 Å². The number of rotatable bonds is 2. The predicted molar refractivity (Wildman–Crippen MR) is 60.6 cm³/mol. The summed E-state index contributed by atoms with van der Waals surface area (Å²) in [6.07, 6.45) is 0.310. The monoisotopic (exact) mass is 207 g/mol. The largest absolute Gasteiger partial charge is 0.497 e. The van der Waals surface area contributed by atoms with Crippen LogP contribution in [-0.2, 0) is 4.74 Å². The Morgan fingerprint density at radius 3 is 3.07 bits per heavy atom. The molecule has 0 saturated carbocycles. The maximum Gasteiger partial charge on any atom is 0.120 e. The normalized spacial score (nSPS) is 21.5. The summed E-state index contributed by atoms with van der Waals surface area (Å²) in [5, 5.41) is 0. The standard InChI is InChI=1S/C12H17NO2/c1-10-9-13(6-7-15-10)11-4-3-5-12(8-11)14-2/h3-5,8,10H,6-7,9H2,1-2H3. The van der Waals surface area contributed by atoms with Crippen LogP contribution in [0.4, 0.5) is 5.69 Å². The average molecular weight is 207 g/mol. The van der Waals surface area contributed by atoms with Crippen molar-refractivity contribution >= 4 is 5.69 Å². The summed E-state index contributed by atoms with van der Waals surface area (Å²) in [7, 11) is 1.70. The second kappa shape index (κ2) is 4.53. The number of benzene rings is 1. The lowest BCUT2D eigenvalue weighted by molar-refractivity contribution is 0.0532. The van der Waals surface area contributed by atoms with Gasteiger partial charge in [-0.15, -0.1) is 0 Å². The second-order valence-corrected chi connectivity index (χ2v) is 3.83. The Morgan fingerprint density at radius 1 is 1.47 bits per heavy atom. The van der Waals surface area contributed by atoms with Gasteiger partial charge < -0.3 is 14.4 Å². The summed E-state index contributed by atoms with van der Waals surface area (Å²) in [6, 6.07) is 8.17. The van der Waals surface area contributed by atoms with Crippen LogP contribution in [0.1, 0.15) is 6.92 Å². The number of nitrogens with zero attached hydrogens (tertiary/aromatic N) is 1. The summed E-state index contributed by atoms with van der Waals surface area (Å²) in [5.74, 6) is 0.909.